The molecule has 0 radical (unpaired) electrons. The van der Waals surface area contributed by atoms with Gasteiger partial charge in [-0.25, -0.2) is 0 Å². The predicted octanol–water partition coefficient (Wildman–Crippen LogP) is 14.4. The Morgan fingerprint density at radius 2 is 0.911 bits per heavy atom. The average Bonchev–Trinajstić information content (AvgIpc) is 4.08. The summed E-state index contributed by atoms with van der Waals surface area (Å²) in [6, 6.07) is 30.3. The van der Waals surface area contributed by atoms with Crippen LogP contribution >= 0.6 is 45.3 Å². The van der Waals surface area contributed by atoms with Crippen molar-refractivity contribution < 1.29 is 9.59 Å². The molecule has 288 valence electrons. The van der Waals surface area contributed by atoms with E-state index in [1.54, 1.807) is 22.7 Å². The standard InChI is InChI=1S/C48H50N2O2S4/c1-5-9-15-31(7-3)29-49-37(41-21-23-43(55-41)45-25-33-17-11-13-19-39(33)53-45)27-35(47(49)51)36-28-38(50(48(36)52)30-32(8-4)16-10-6-2)42-22-24-44(56-42)46-26-34-18-12-14-20-40(34)54-46/h11-14,17-28,31-32H,5-10,15-16,29-30H2,1-4H3/b36-35+/t31-,32+. The number of amides is 2. The van der Waals surface area contributed by atoms with E-state index in [1.807, 2.05) is 44.6 Å². The SMILES string of the molecule is CCCC[C@@H](CC)CN1C(=O)/C(=C2\C=C(c3ccc(-c4cc5ccccc5s4)s3)N(C[C@@H](CC)CCCC)C2=O)C=C1c1ccc(-c2cc3ccccc3s2)s1. The fourth-order valence-electron chi connectivity index (χ4n) is 7.99. The maximum atomic E-state index is 14.8. The topological polar surface area (TPSA) is 40.6 Å². The van der Waals surface area contributed by atoms with Gasteiger partial charge in [-0.1, -0.05) is 103 Å². The molecule has 2 amide bonds. The average molecular weight is 815 g/mol. The molecular weight excluding hydrogens is 765 g/mol. The number of fused-ring (bicyclic) bond motifs is 2. The van der Waals surface area contributed by atoms with E-state index < -0.39 is 0 Å². The third kappa shape index (κ3) is 7.78. The summed E-state index contributed by atoms with van der Waals surface area (Å²) >= 11 is 7.09. The van der Waals surface area contributed by atoms with Crippen LogP contribution in [0.15, 0.2) is 108 Å². The molecule has 6 heterocycles. The van der Waals surface area contributed by atoms with Crippen molar-refractivity contribution in [1.29, 1.82) is 0 Å². The maximum absolute atomic E-state index is 14.8. The van der Waals surface area contributed by atoms with Crippen LogP contribution in [0.3, 0.4) is 0 Å². The van der Waals surface area contributed by atoms with Gasteiger partial charge in [0, 0.05) is 42.0 Å². The highest BCUT2D eigenvalue weighted by molar-refractivity contribution is 7.27. The Bertz CT molecular complexity index is 2230. The molecule has 0 saturated carbocycles. The van der Waals surface area contributed by atoms with Gasteiger partial charge < -0.3 is 9.80 Å². The van der Waals surface area contributed by atoms with Gasteiger partial charge in [-0.05, 0) is 96.1 Å². The van der Waals surface area contributed by atoms with Gasteiger partial charge in [0.25, 0.3) is 11.8 Å². The first-order chi connectivity index (χ1) is 27.4. The fraction of sp³-hybridized carbons (Fsp3) is 0.333. The van der Waals surface area contributed by atoms with E-state index in [2.05, 4.69) is 113 Å². The van der Waals surface area contributed by atoms with Crippen LogP contribution in [0.4, 0.5) is 0 Å². The summed E-state index contributed by atoms with van der Waals surface area (Å²) in [6.07, 6.45) is 12.8. The Labute approximate surface area is 347 Å². The minimum Gasteiger partial charge on any atom is -0.307 e. The molecule has 4 aromatic heterocycles. The molecule has 2 aliphatic heterocycles. The van der Waals surface area contributed by atoms with E-state index >= 15 is 0 Å². The number of carbonyl (C=O) groups excluding carboxylic acids is 2. The molecule has 2 aromatic carbocycles. The number of benzene rings is 2. The van der Waals surface area contributed by atoms with Crippen molar-refractivity contribution in [2.75, 3.05) is 13.1 Å². The lowest BCUT2D eigenvalue weighted by Crippen LogP contribution is -2.33. The van der Waals surface area contributed by atoms with Gasteiger partial charge >= 0.3 is 0 Å². The van der Waals surface area contributed by atoms with Crippen molar-refractivity contribution >= 4 is 88.7 Å². The molecular formula is C48H50N2O2S4. The smallest absolute Gasteiger partial charge is 0.259 e. The van der Waals surface area contributed by atoms with Gasteiger partial charge in [-0.2, -0.15) is 0 Å². The highest BCUT2D eigenvalue weighted by atomic mass is 32.1. The van der Waals surface area contributed by atoms with E-state index in [0.29, 0.717) is 36.1 Å². The molecule has 6 aromatic rings. The zero-order valence-electron chi connectivity index (χ0n) is 32.8. The zero-order valence-corrected chi connectivity index (χ0v) is 36.1. The molecule has 0 aliphatic carbocycles. The molecule has 2 atom stereocenters. The van der Waals surface area contributed by atoms with Gasteiger partial charge in [-0.15, -0.1) is 45.3 Å². The first-order valence-corrected chi connectivity index (χ1v) is 23.6. The van der Waals surface area contributed by atoms with E-state index in [9.17, 15) is 9.59 Å². The Hall–Kier alpha value is -4.08. The molecule has 0 spiro atoms. The van der Waals surface area contributed by atoms with Crippen molar-refractivity contribution in [2.24, 2.45) is 11.8 Å². The van der Waals surface area contributed by atoms with E-state index in [4.69, 9.17) is 0 Å². The van der Waals surface area contributed by atoms with Crippen molar-refractivity contribution in [2.45, 2.75) is 79.1 Å². The first-order valence-electron chi connectivity index (χ1n) is 20.4. The molecule has 0 bridgehead atoms. The highest BCUT2D eigenvalue weighted by Gasteiger charge is 2.39. The van der Waals surface area contributed by atoms with Crippen LogP contribution in [0.1, 0.15) is 88.8 Å². The molecule has 56 heavy (non-hydrogen) atoms. The van der Waals surface area contributed by atoms with Crippen molar-refractivity contribution in [3.05, 3.63) is 118 Å². The Balaban J connectivity index is 1.20. The number of nitrogens with zero attached hydrogens (tertiary/aromatic N) is 2. The van der Waals surface area contributed by atoms with Crippen LogP contribution in [-0.4, -0.2) is 34.7 Å². The van der Waals surface area contributed by atoms with Crippen LogP contribution in [0.25, 0.3) is 51.1 Å². The third-order valence-electron chi connectivity index (χ3n) is 11.4. The quantitative estimate of drug-likeness (QED) is 0.0913. The summed E-state index contributed by atoms with van der Waals surface area (Å²) in [6.45, 7) is 10.2. The zero-order chi connectivity index (χ0) is 38.8. The van der Waals surface area contributed by atoms with Crippen LogP contribution in [0.5, 0.6) is 0 Å². The monoisotopic (exact) mass is 814 g/mol. The van der Waals surface area contributed by atoms with Crippen LogP contribution < -0.4 is 0 Å². The minimum absolute atomic E-state index is 0.0530. The summed E-state index contributed by atoms with van der Waals surface area (Å²) in [4.78, 5) is 40.6. The summed E-state index contributed by atoms with van der Waals surface area (Å²) in [5, 5.41) is 2.50. The van der Waals surface area contributed by atoms with Gasteiger partial charge in [0.2, 0.25) is 0 Å². The molecule has 2 aliphatic rings. The van der Waals surface area contributed by atoms with E-state index in [0.717, 1.165) is 72.5 Å². The second kappa shape index (κ2) is 17.2. The minimum atomic E-state index is -0.0530. The lowest BCUT2D eigenvalue weighted by molar-refractivity contribution is -0.126. The Kier molecular flexibility index (Phi) is 11.9. The van der Waals surface area contributed by atoms with Gasteiger partial charge in [0.1, 0.15) is 0 Å². The van der Waals surface area contributed by atoms with E-state index in [1.165, 1.54) is 39.7 Å². The van der Waals surface area contributed by atoms with Crippen LogP contribution in [0, 0.1) is 11.8 Å². The number of unbranched alkanes of at least 4 members (excludes halogenated alkanes) is 2. The van der Waals surface area contributed by atoms with Crippen LogP contribution in [0.2, 0.25) is 0 Å². The van der Waals surface area contributed by atoms with Crippen LogP contribution in [-0.2, 0) is 9.59 Å². The molecule has 8 rings (SSSR count). The molecule has 4 nitrogen and oxygen atoms in total. The van der Waals surface area contributed by atoms with Crippen molar-refractivity contribution in [3.8, 4) is 19.5 Å². The van der Waals surface area contributed by atoms with E-state index in [-0.39, 0.29) is 11.8 Å². The van der Waals surface area contributed by atoms with Gasteiger partial charge in [-0.3, -0.25) is 9.59 Å². The Morgan fingerprint density at radius 3 is 1.30 bits per heavy atom. The highest BCUT2D eigenvalue weighted by Crippen LogP contribution is 2.45. The second-order valence-electron chi connectivity index (χ2n) is 15.2. The largest absolute Gasteiger partial charge is 0.307 e. The summed E-state index contributed by atoms with van der Waals surface area (Å²) in [7, 11) is 0. The third-order valence-corrected chi connectivity index (χ3v) is 16.2. The van der Waals surface area contributed by atoms with Crippen molar-refractivity contribution in [3.63, 3.8) is 0 Å². The first kappa shape index (κ1) is 38.8. The van der Waals surface area contributed by atoms with Gasteiger partial charge in [0.15, 0.2) is 0 Å². The summed E-state index contributed by atoms with van der Waals surface area (Å²) in [5.74, 6) is 0.668. The predicted molar refractivity (Wildman–Crippen MR) is 243 cm³/mol. The number of hydrogen-bond acceptors (Lipinski definition) is 6. The second-order valence-corrected chi connectivity index (χ2v) is 19.5. The fourth-order valence-corrected chi connectivity index (χ4v) is 12.3. The van der Waals surface area contributed by atoms with Crippen molar-refractivity contribution in [1.82, 2.24) is 9.80 Å². The molecule has 0 saturated heterocycles. The molecule has 0 unspecified atom stereocenters. The maximum Gasteiger partial charge on any atom is 0.259 e. The number of hydrogen-bond donors (Lipinski definition) is 0. The lowest BCUT2D eigenvalue weighted by Gasteiger charge is -2.26. The lowest BCUT2D eigenvalue weighted by atomic mass is 9.98. The van der Waals surface area contributed by atoms with Gasteiger partial charge in [0.05, 0.1) is 32.3 Å². The summed E-state index contributed by atoms with van der Waals surface area (Å²) in [5.41, 5.74) is 2.89. The molecule has 0 fully saturated rings. The molecule has 0 N–H and O–H groups in total. The number of thiophene rings is 4. The Morgan fingerprint density at radius 1 is 0.500 bits per heavy atom. The number of carbonyl (C=O) groups is 2. The number of rotatable bonds is 16. The summed E-state index contributed by atoms with van der Waals surface area (Å²) < 4.78 is 2.55. The normalized spacial score (nSPS) is 17.1. The molecule has 8 heteroatoms.